The lowest BCUT2D eigenvalue weighted by Crippen LogP contribution is -2.33. The van der Waals surface area contributed by atoms with Gasteiger partial charge in [-0.25, -0.2) is 0 Å². The molecule has 0 bridgehead atoms. The Morgan fingerprint density at radius 3 is 3.06 bits per heavy atom. The molecule has 5 heteroatoms. The first-order valence-corrected chi connectivity index (χ1v) is 6.06. The monoisotopic (exact) mass is 255 g/mol. The van der Waals surface area contributed by atoms with E-state index < -0.39 is 0 Å². The summed E-state index contributed by atoms with van der Waals surface area (Å²) < 4.78 is 16.5. The fourth-order valence-corrected chi connectivity index (χ4v) is 2.47. The van der Waals surface area contributed by atoms with Crippen LogP contribution in [0, 0.1) is 6.92 Å². The normalized spacial score (nSPS) is 22.8. The number of halogens is 1. The van der Waals surface area contributed by atoms with Crippen molar-refractivity contribution in [1.29, 1.82) is 0 Å². The van der Waals surface area contributed by atoms with E-state index in [0.717, 1.165) is 35.7 Å². The molecule has 2 aliphatic heterocycles. The van der Waals surface area contributed by atoms with Gasteiger partial charge in [-0.1, -0.05) is 11.6 Å². The predicted octanol–water partition coefficient (Wildman–Crippen LogP) is 2.04. The van der Waals surface area contributed by atoms with Gasteiger partial charge in [-0.15, -0.1) is 0 Å². The van der Waals surface area contributed by atoms with Gasteiger partial charge in [0.25, 0.3) is 0 Å². The minimum atomic E-state index is -0.00977. The van der Waals surface area contributed by atoms with Crippen LogP contribution in [0.5, 0.6) is 11.5 Å². The first-order valence-electron chi connectivity index (χ1n) is 5.68. The molecule has 0 spiro atoms. The van der Waals surface area contributed by atoms with Gasteiger partial charge >= 0.3 is 0 Å². The number of fused-ring (bicyclic) bond motifs is 1. The maximum Gasteiger partial charge on any atom is 0.231 e. The number of morpholine rings is 1. The molecule has 92 valence electrons. The standard InChI is InChI=1S/C12H14ClNO3/c1-7-11(13)8(10-5-14-2-3-15-10)4-9-12(7)17-6-16-9/h4,10,14H,2-3,5-6H2,1H3. The van der Waals surface area contributed by atoms with E-state index in [-0.39, 0.29) is 12.9 Å². The summed E-state index contributed by atoms with van der Waals surface area (Å²) in [7, 11) is 0. The molecular weight excluding hydrogens is 242 g/mol. The lowest BCUT2D eigenvalue weighted by Gasteiger charge is -2.25. The van der Waals surface area contributed by atoms with Gasteiger partial charge in [0.15, 0.2) is 11.5 Å². The van der Waals surface area contributed by atoms with Crippen molar-refractivity contribution in [2.75, 3.05) is 26.5 Å². The minimum Gasteiger partial charge on any atom is -0.454 e. The average Bonchev–Trinajstić information content (AvgIpc) is 2.83. The van der Waals surface area contributed by atoms with Crippen molar-refractivity contribution in [3.05, 3.63) is 22.2 Å². The van der Waals surface area contributed by atoms with E-state index in [1.165, 1.54) is 0 Å². The van der Waals surface area contributed by atoms with Crippen LogP contribution in [0.4, 0.5) is 0 Å². The highest BCUT2D eigenvalue weighted by atomic mass is 35.5. The maximum absolute atomic E-state index is 6.37. The Bertz CT molecular complexity index is 444. The molecule has 1 aromatic rings. The second kappa shape index (κ2) is 4.37. The van der Waals surface area contributed by atoms with Gasteiger partial charge in [-0.3, -0.25) is 0 Å². The molecule has 0 amide bonds. The van der Waals surface area contributed by atoms with E-state index in [0.29, 0.717) is 11.6 Å². The molecule has 0 saturated carbocycles. The van der Waals surface area contributed by atoms with Crippen LogP contribution >= 0.6 is 11.6 Å². The van der Waals surface area contributed by atoms with Crippen LogP contribution in [-0.4, -0.2) is 26.5 Å². The Hall–Kier alpha value is -0.970. The minimum absolute atomic E-state index is 0.00977. The van der Waals surface area contributed by atoms with Crippen molar-refractivity contribution in [3.8, 4) is 11.5 Å². The number of nitrogens with one attached hydrogen (secondary N) is 1. The highest BCUT2D eigenvalue weighted by molar-refractivity contribution is 6.32. The van der Waals surface area contributed by atoms with Crippen LogP contribution in [0.15, 0.2) is 6.07 Å². The lowest BCUT2D eigenvalue weighted by molar-refractivity contribution is 0.0276. The van der Waals surface area contributed by atoms with Crippen LogP contribution in [0.25, 0.3) is 0 Å². The largest absolute Gasteiger partial charge is 0.454 e. The molecule has 1 saturated heterocycles. The average molecular weight is 256 g/mol. The third-order valence-electron chi connectivity index (χ3n) is 3.13. The summed E-state index contributed by atoms with van der Waals surface area (Å²) in [6, 6.07) is 1.93. The molecular formula is C12H14ClNO3. The Balaban J connectivity index is 2.01. The van der Waals surface area contributed by atoms with Crippen LogP contribution in [-0.2, 0) is 4.74 Å². The number of benzene rings is 1. The summed E-state index contributed by atoms with van der Waals surface area (Å²) >= 11 is 6.37. The smallest absolute Gasteiger partial charge is 0.231 e. The summed E-state index contributed by atoms with van der Waals surface area (Å²) in [5.41, 5.74) is 1.89. The molecule has 2 aliphatic rings. The van der Waals surface area contributed by atoms with Gasteiger partial charge in [-0.05, 0) is 13.0 Å². The van der Waals surface area contributed by atoms with Gasteiger partial charge in [0.05, 0.1) is 17.7 Å². The van der Waals surface area contributed by atoms with Crippen molar-refractivity contribution < 1.29 is 14.2 Å². The summed E-state index contributed by atoms with van der Waals surface area (Å²) in [5.74, 6) is 1.51. The van der Waals surface area contributed by atoms with Gasteiger partial charge in [0.1, 0.15) is 0 Å². The molecule has 0 radical (unpaired) electrons. The molecule has 3 rings (SSSR count). The number of hydrogen-bond acceptors (Lipinski definition) is 4. The summed E-state index contributed by atoms with van der Waals surface area (Å²) in [4.78, 5) is 0. The first kappa shape index (κ1) is 11.1. The van der Waals surface area contributed by atoms with Gasteiger partial charge in [-0.2, -0.15) is 0 Å². The van der Waals surface area contributed by atoms with Gasteiger partial charge in [0.2, 0.25) is 6.79 Å². The van der Waals surface area contributed by atoms with Crippen molar-refractivity contribution in [2.45, 2.75) is 13.0 Å². The van der Waals surface area contributed by atoms with E-state index in [9.17, 15) is 0 Å². The predicted molar refractivity (Wildman–Crippen MR) is 63.9 cm³/mol. The van der Waals surface area contributed by atoms with E-state index in [2.05, 4.69) is 5.32 Å². The van der Waals surface area contributed by atoms with E-state index in [1.807, 2.05) is 13.0 Å². The SMILES string of the molecule is Cc1c(Cl)c(C2CNCCO2)cc2c1OCO2. The van der Waals surface area contributed by atoms with Crippen LogP contribution in [0.1, 0.15) is 17.2 Å². The zero-order valence-electron chi connectivity index (χ0n) is 9.59. The maximum atomic E-state index is 6.37. The van der Waals surface area contributed by atoms with Crippen LogP contribution in [0.2, 0.25) is 5.02 Å². The number of rotatable bonds is 1. The zero-order chi connectivity index (χ0) is 11.8. The Morgan fingerprint density at radius 2 is 2.29 bits per heavy atom. The molecule has 1 atom stereocenters. The number of ether oxygens (including phenoxy) is 3. The third-order valence-corrected chi connectivity index (χ3v) is 3.63. The van der Waals surface area contributed by atoms with E-state index >= 15 is 0 Å². The highest BCUT2D eigenvalue weighted by Crippen LogP contribution is 2.43. The zero-order valence-corrected chi connectivity index (χ0v) is 10.3. The molecule has 0 aromatic heterocycles. The molecule has 17 heavy (non-hydrogen) atoms. The lowest BCUT2D eigenvalue weighted by atomic mass is 10.0. The Labute approximate surface area is 105 Å². The molecule has 4 nitrogen and oxygen atoms in total. The van der Waals surface area contributed by atoms with Gasteiger partial charge in [0, 0.05) is 24.2 Å². The van der Waals surface area contributed by atoms with E-state index in [4.69, 9.17) is 25.8 Å². The van der Waals surface area contributed by atoms with E-state index in [1.54, 1.807) is 0 Å². The summed E-state index contributed by atoms with van der Waals surface area (Å²) in [6.07, 6.45) is -0.00977. The summed E-state index contributed by atoms with van der Waals surface area (Å²) in [6.45, 7) is 4.57. The van der Waals surface area contributed by atoms with Gasteiger partial charge < -0.3 is 19.5 Å². The van der Waals surface area contributed by atoms with Crippen LogP contribution in [0.3, 0.4) is 0 Å². The number of hydrogen-bond donors (Lipinski definition) is 1. The quantitative estimate of drug-likeness (QED) is 0.834. The Morgan fingerprint density at radius 1 is 1.41 bits per heavy atom. The van der Waals surface area contributed by atoms with Crippen molar-refractivity contribution >= 4 is 11.6 Å². The molecule has 1 unspecified atom stereocenters. The first-order chi connectivity index (χ1) is 8.27. The highest BCUT2D eigenvalue weighted by Gasteiger charge is 2.26. The molecule has 1 aromatic carbocycles. The second-order valence-corrected chi connectivity index (χ2v) is 4.58. The summed E-state index contributed by atoms with van der Waals surface area (Å²) in [5, 5.41) is 4.00. The third kappa shape index (κ3) is 1.86. The Kier molecular flexibility index (Phi) is 2.86. The molecule has 2 heterocycles. The van der Waals surface area contributed by atoms with Crippen molar-refractivity contribution in [3.63, 3.8) is 0 Å². The molecule has 1 fully saturated rings. The molecule has 1 N–H and O–H groups in total. The van der Waals surface area contributed by atoms with Crippen molar-refractivity contribution in [1.82, 2.24) is 5.32 Å². The topological polar surface area (TPSA) is 39.7 Å². The fraction of sp³-hybridized carbons (Fsp3) is 0.500. The van der Waals surface area contributed by atoms with Crippen LogP contribution < -0.4 is 14.8 Å². The fourth-order valence-electron chi connectivity index (χ4n) is 2.21. The second-order valence-electron chi connectivity index (χ2n) is 4.20. The molecule has 0 aliphatic carbocycles. The van der Waals surface area contributed by atoms with Crippen molar-refractivity contribution in [2.24, 2.45) is 0 Å².